The summed E-state index contributed by atoms with van der Waals surface area (Å²) in [7, 11) is 0. The molecular weight excluding hydrogens is 370 g/mol. The Hall–Kier alpha value is -2.98. The number of amides is 2. The molecule has 0 aliphatic carbocycles. The van der Waals surface area contributed by atoms with E-state index in [1.807, 2.05) is 0 Å². The first-order valence-corrected chi connectivity index (χ1v) is 9.20. The number of thiazole rings is 1. The third kappa shape index (κ3) is 4.07. The smallest absolute Gasteiger partial charge is 0.267 e. The van der Waals surface area contributed by atoms with Gasteiger partial charge in [-0.05, 0) is 12.1 Å². The fraction of sp³-hybridized carbons (Fsp3) is 0.294. The molecule has 0 unspecified atom stereocenters. The minimum Gasteiger partial charge on any atom is -0.462 e. The Morgan fingerprint density at radius 3 is 2.89 bits per heavy atom. The minimum absolute atomic E-state index is 0.0233. The average Bonchev–Trinajstić information content (AvgIpc) is 3.44. The van der Waals surface area contributed by atoms with Gasteiger partial charge in [-0.25, -0.2) is 4.98 Å². The maximum atomic E-state index is 12.4. The van der Waals surface area contributed by atoms with Crippen molar-refractivity contribution in [2.75, 3.05) is 31.6 Å². The summed E-state index contributed by atoms with van der Waals surface area (Å²) in [6.45, 7) is 2.42. The van der Waals surface area contributed by atoms with Gasteiger partial charge in [-0.15, -0.1) is 11.3 Å². The molecule has 9 nitrogen and oxygen atoms in total. The Kier molecular flexibility index (Phi) is 4.99. The van der Waals surface area contributed by atoms with Crippen molar-refractivity contribution in [3.05, 3.63) is 41.9 Å². The topological polar surface area (TPSA) is 102 Å². The van der Waals surface area contributed by atoms with Crippen molar-refractivity contribution < 1.29 is 18.7 Å². The molecule has 4 rings (SSSR count). The van der Waals surface area contributed by atoms with E-state index in [0.717, 1.165) is 0 Å². The van der Waals surface area contributed by atoms with E-state index in [1.165, 1.54) is 28.4 Å². The van der Waals surface area contributed by atoms with E-state index in [9.17, 15) is 9.59 Å². The Labute approximate surface area is 158 Å². The van der Waals surface area contributed by atoms with E-state index >= 15 is 0 Å². The van der Waals surface area contributed by atoms with Gasteiger partial charge in [-0.3, -0.25) is 14.3 Å². The van der Waals surface area contributed by atoms with E-state index in [-0.39, 0.29) is 18.4 Å². The normalized spacial score (nSPS) is 14.3. The summed E-state index contributed by atoms with van der Waals surface area (Å²) in [5.74, 6) is 0.308. The van der Waals surface area contributed by atoms with Gasteiger partial charge in [0.25, 0.3) is 5.91 Å². The maximum Gasteiger partial charge on any atom is 0.267 e. The van der Waals surface area contributed by atoms with E-state index < -0.39 is 0 Å². The largest absolute Gasteiger partial charge is 0.462 e. The van der Waals surface area contributed by atoms with Crippen molar-refractivity contribution in [3.8, 4) is 10.8 Å². The molecule has 2 amide bonds. The molecule has 1 N–H and O–H groups in total. The molecule has 10 heteroatoms. The second-order valence-corrected chi connectivity index (χ2v) is 6.91. The first-order valence-electron chi connectivity index (χ1n) is 8.38. The second kappa shape index (κ2) is 7.72. The van der Waals surface area contributed by atoms with Crippen LogP contribution in [0.5, 0.6) is 0 Å². The number of rotatable bonds is 5. The van der Waals surface area contributed by atoms with E-state index in [0.29, 0.717) is 47.6 Å². The Bertz CT molecular complexity index is 927. The highest BCUT2D eigenvalue weighted by Gasteiger charge is 2.18. The number of nitrogens with one attached hydrogen (secondary N) is 1. The van der Waals surface area contributed by atoms with Gasteiger partial charge in [0.15, 0.2) is 10.8 Å². The van der Waals surface area contributed by atoms with Crippen LogP contribution in [0.4, 0.5) is 5.69 Å². The molecule has 1 saturated heterocycles. The van der Waals surface area contributed by atoms with Crippen molar-refractivity contribution in [2.24, 2.45) is 0 Å². The predicted octanol–water partition coefficient (Wildman–Crippen LogP) is 1.71. The second-order valence-electron chi connectivity index (χ2n) is 5.88. The van der Waals surface area contributed by atoms with Gasteiger partial charge < -0.3 is 19.4 Å². The quantitative estimate of drug-likeness (QED) is 0.715. The van der Waals surface area contributed by atoms with Gasteiger partial charge in [0.1, 0.15) is 11.4 Å². The molecule has 0 spiro atoms. The van der Waals surface area contributed by atoms with Crippen LogP contribution in [-0.2, 0) is 16.1 Å². The standard InChI is InChI=1S/C17H17N5O4S/c23-15(21-3-6-25-7-4-21)11-22-10-12(8-19-22)20-16(24)14-9-18-17(27-14)13-2-1-5-26-13/h1-2,5,8-10H,3-4,6-7,11H2,(H,20,24). The first-order chi connectivity index (χ1) is 13.2. The highest BCUT2D eigenvalue weighted by Crippen LogP contribution is 2.25. The van der Waals surface area contributed by atoms with Crippen molar-refractivity contribution in [3.63, 3.8) is 0 Å². The fourth-order valence-corrected chi connectivity index (χ4v) is 3.43. The zero-order valence-electron chi connectivity index (χ0n) is 14.3. The molecule has 3 aromatic rings. The molecular formula is C17H17N5O4S. The lowest BCUT2D eigenvalue weighted by Crippen LogP contribution is -2.42. The highest BCUT2D eigenvalue weighted by molar-refractivity contribution is 7.17. The van der Waals surface area contributed by atoms with Crippen LogP contribution >= 0.6 is 11.3 Å². The first kappa shape index (κ1) is 17.4. The number of hydrogen-bond acceptors (Lipinski definition) is 7. The summed E-state index contributed by atoms with van der Waals surface area (Å²) in [5.41, 5.74) is 0.516. The predicted molar refractivity (Wildman–Crippen MR) is 97.4 cm³/mol. The van der Waals surface area contributed by atoms with Crippen LogP contribution in [0.15, 0.2) is 41.4 Å². The minimum atomic E-state index is -0.288. The number of carbonyl (C=O) groups is 2. The molecule has 3 aromatic heterocycles. The number of ether oxygens (including phenoxy) is 1. The molecule has 1 aliphatic rings. The lowest BCUT2D eigenvalue weighted by atomic mass is 10.4. The van der Waals surface area contributed by atoms with Crippen LogP contribution in [0, 0.1) is 0 Å². The van der Waals surface area contributed by atoms with E-state index in [4.69, 9.17) is 9.15 Å². The summed E-state index contributed by atoms with van der Waals surface area (Å²) in [6, 6.07) is 3.55. The van der Waals surface area contributed by atoms with Gasteiger partial charge in [-0.1, -0.05) is 0 Å². The summed E-state index contributed by atoms with van der Waals surface area (Å²) in [4.78, 5) is 31.0. The number of anilines is 1. The van der Waals surface area contributed by atoms with Crippen LogP contribution in [0.25, 0.3) is 10.8 Å². The third-order valence-electron chi connectivity index (χ3n) is 4.01. The van der Waals surface area contributed by atoms with Gasteiger partial charge in [0, 0.05) is 19.3 Å². The molecule has 0 saturated carbocycles. The van der Waals surface area contributed by atoms with E-state index in [1.54, 1.807) is 29.5 Å². The van der Waals surface area contributed by atoms with E-state index in [2.05, 4.69) is 15.4 Å². The van der Waals surface area contributed by atoms with Crippen LogP contribution in [0.1, 0.15) is 9.67 Å². The van der Waals surface area contributed by atoms with Crippen molar-refractivity contribution in [1.82, 2.24) is 19.7 Å². The number of aromatic nitrogens is 3. The molecule has 0 bridgehead atoms. The lowest BCUT2D eigenvalue weighted by Gasteiger charge is -2.26. The molecule has 1 aliphatic heterocycles. The molecule has 140 valence electrons. The van der Waals surface area contributed by atoms with Gasteiger partial charge in [-0.2, -0.15) is 5.10 Å². The lowest BCUT2D eigenvalue weighted by molar-refractivity contribution is -0.136. The molecule has 0 atom stereocenters. The Balaban J connectivity index is 1.36. The van der Waals surface area contributed by atoms with Crippen molar-refractivity contribution in [1.29, 1.82) is 0 Å². The Morgan fingerprint density at radius 1 is 1.26 bits per heavy atom. The maximum absolute atomic E-state index is 12.4. The number of nitrogens with zero attached hydrogens (tertiary/aromatic N) is 4. The van der Waals surface area contributed by atoms with Crippen molar-refractivity contribution in [2.45, 2.75) is 6.54 Å². The summed E-state index contributed by atoms with van der Waals surface area (Å²) in [5, 5.41) is 7.54. The zero-order chi connectivity index (χ0) is 18.6. The molecule has 1 fully saturated rings. The van der Waals surface area contributed by atoms with Gasteiger partial charge >= 0.3 is 0 Å². The molecule has 0 aromatic carbocycles. The summed E-state index contributed by atoms with van der Waals surface area (Å²) >= 11 is 1.24. The number of furan rings is 1. The monoisotopic (exact) mass is 387 g/mol. The van der Waals surface area contributed by atoms with Crippen LogP contribution in [0.2, 0.25) is 0 Å². The SMILES string of the molecule is O=C(Nc1cnn(CC(=O)N2CCOCC2)c1)c1cnc(-c2ccco2)s1. The fourth-order valence-electron chi connectivity index (χ4n) is 2.65. The van der Waals surface area contributed by atoms with Crippen LogP contribution in [-0.4, -0.2) is 57.8 Å². The molecule has 27 heavy (non-hydrogen) atoms. The van der Waals surface area contributed by atoms with Crippen LogP contribution in [0.3, 0.4) is 0 Å². The summed E-state index contributed by atoms with van der Waals surface area (Å²) in [6.07, 6.45) is 6.21. The van der Waals surface area contributed by atoms with Crippen molar-refractivity contribution >= 4 is 28.8 Å². The molecule has 4 heterocycles. The zero-order valence-corrected chi connectivity index (χ0v) is 15.1. The number of hydrogen-bond donors (Lipinski definition) is 1. The number of morpholine rings is 1. The average molecular weight is 387 g/mol. The highest BCUT2D eigenvalue weighted by atomic mass is 32.1. The van der Waals surface area contributed by atoms with Gasteiger partial charge in [0.2, 0.25) is 5.91 Å². The number of carbonyl (C=O) groups excluding carboxylic acids is 2. The van der Waals surface area contributed by atoms with Crippen LogP contribution < -0.4 is 5.32 Å². The molecule has 0 radical (unpaired) electrons. The summed E-state index contributed by atoms with van der Waals surface area (Å²) < 4.78 is 12.0. The van der Waals surface area contributed by atoms with Gasteiger partial charge in [0.05, 0.1) is 37.6 Å². The Morgan fingerprint density at radius 2 is 2.11 bits per heavy atom. The third-order valence-corrected chi connectivity index (χ3v) is 5.02.